The molecule has 0 aromatic heterocycles. The molecule has 78 valence electrons. The summed E-state index contributed by atoms with van der Waals surface area (Å²) in [5.74, 6) is -1.39. The van der Waals surface area contributed by atoms with Gasteiger partial charge in [0.25, 0.3) is 6.26 Å². The first kappa shape index (κ1) is 14.9. The maximum Gasteiger partial charge on any atom is 0.347 e. The van der Waals surface area contributed by atoms with Gasteiger partial charge in [-0.2, -0.15) is 5.26 Å². The highest BCUT2D eigenvalue weighted by atomic mass is 16.5. The zero-order valence-electron chi connectivity index (χ0n) is 8.02. The molecule has 0 aliphatic carbocycles. The highest BCUT2D eigenvalue weighted by Gasteiger charge is 2.02. The number of ether oxygens (including phenoxy) is 2. The number of esters is 2. The molecular formula is C9H8N2O4. The molecule has 0 unspecified atom stereocenters. The standard InChI is InChI=1S/C5H5NO2.C4H3NO2/c1-4(3-6)5(7)8-2;1-2-4(6)7-3-5/h1H2,2H3;2H,1H2. The van der Waals surface area contributed by atoms with Gasteiger partial charge in [0.2, 0.25) is 0 Å². The van der Waals surface area contributed by atoms with Gasteiger partial charge in [-0.05, 0) is 0 Å². The van der Waals surface area contributed by atoms with E-state index in [0.29, 0.717) is 0 Å². The Hall–Kier alpha value is -2.60. The van der Waals surface area contributed by atoms with Crippen molar-refractivity contribution < 1.29 is 19.1 Å². The zero-order chi connectivity index (χ0) is 12.3. The first-order valence-corrected chi connectivity index (χ1v) is 3.43. The number of carbonyl (C=O) groups is 2. The smallest absolute Gasteiger partial charge is 0.347 e. The van der Waals surface area contributed by atoms with E-state index in [4.69, 9.17) is 10.5 Å². The lowest BCUT2D eigenvalue weighted by molar-refractivity contribution is -0.135. The topological polar surface area (TPSA) is 100 Å². The molecule has 0 rings (SSSR count). The van der Waals surface area contributed by atoms with Gasteiger partial charge in [-0.3, -0.25) is 0 Å². The first-order valence-electron chi connectivity index (χ1n) is 3.43. The summed E-state index contributed by atoms with van der Waals surface area (Å²) in [6.07, 6.45) is 2.12. The van der Waals surface area contributed by atoms with Gasteiger partial charge in [0.05, 0.1) is 7.11 Å². The normalized spacial score (nSPS) is 6.60. The molecule has 0 aromatic rings. The van der Waals surface area contributed by atoms with Gasteiger partial charge < -0.3 is 9.47 Å². The molecule has 0 spiro atoms. The molecular weight excluding hydrogens is 200 g/mol. The Morgan fingerprint density at radius 3 is 2.07 bits per heavy atom. The van der Waals surface area contributed by atoms with Gasteiger partial charge in [0.1, 0.15) is 11.6 Å². The van der Waals surface area contributed by atoms with E-state index in [1.165, 1.54) is 13.4 Å². The van der Waals surface area contributed by atoms with Crippen molar-refractivity contribution in [3.8, 4) is 12.3 Å². The van der Waals surface area contributed by atoms with Crippen molar-refractivity contribution in [3.05, 3.63) is 24.8 Å². The van der Waals surface area contributed by atoms with Gasteiger partial charge >= 0.3 is 11.9 Å². The van der Waals surface area contributed by atoms with E-state index in [1.54, 1.807) is 6.07 Å². The van der Waals surface area contributed by atoms with Crippen molar-refractivity contribution >= 4 is 11.9 Å². The summed E-state index contributed by atoms with van der Waals surface area (Å²) in [7, 11) is 1.20. The minimum Gasteiger partial charge on any atom is -0.465 e. The minimum atomic E-state index is -0.720. The summed E-state index contributed by atoms with van der Waals surface area (Å²) in [4.78, 5) is 20.0. The lowest BCUT2D eigenvalue weighted by atomic mass is 10.3. The molecule has 0 heterocycles. The van der Waals surface area contributed by atoms with Crippen LogP contribution in [0.5, 0.6) is 0 Å². The van der Waals surface area contributed by atoms with Crippen molar-refractivity contribution in [2.24, 2.45) is 0 Å². The molecule has 0 bridgehead atoms. The van der Waals surface area contributed by atoms with Gasteiger partial charge in [0, 0.05) is 6.08 Å². The highest BCUT2D eigenvalue weighted by molar-refractivity contribution is 5.91. The Bertz CT molecular complexity index is 346. The van der Waals surface area contributed by atoms with Crippen LogP contribution < -0.4 is 0 Å². The lowest BCUT2D eigenvalue weighted by Crippen LogP contribution is -2.00. The van der Waals surface area contributed by atoms with Crippen molar-refractivity contribution in [3.63, 3.8) is 0 Å². The third-order valence-electron chi connectivity index (χ3n) is 0.880. The Balaban J connectivity index is 0. The fourth-order valence-corrected chi connectivity index (χ4v) is 0.255. The molecule has 0 N–H and O–H groups in total. The molecule has 15 heavy (non-hydrogen) atoms. The lowest BCUT2D eigenvalue weighted by Gasteiger charge is -1.89. The number of methoxy groups -OCH3 is 1. The van der Waals surface area contributed by atoms with Crippen LogP contribution in [0.2, 0.25) is 0 Å². The largest absolute Gasteiger partial charge is 0.465 e. The number of carbonyl (C=O) groups excluding carboxylic acids is 2. The number of nitrogens with zero attached hydrogens (tertiary/aromatic N) is 2. The van der Waals surface area contributed by atoms with Gasteiger partial charge in [0.15, 0.2) is 0 Å². The van der Waals surface area contributed by atoms with E-state index in [-0.39, 0.29) is 5.57 Å². The molecule has 0 fully saturated rings. The number of nitriles is 2. The third-order valence-corrected chi connectivity index (χ3v) is 0.880. The van der Waals surface area contributed by atoms with Crippen molar-refractivity contribution in [1.82, 2.24) is 0 Å². The van der Waals surface area contributed by atoms with Crippen LogP contribution in [0.4, 0.5) is 0 Å². The molecule has 0 saturated heterocycles. The van der Waals surface area contributed by atoms with E-state index >= 15 is 0 Å². The summed E-state index contributed by atoms with van der Waals surface area (Å²) < 4.78 is 7.88. The summed E-state index contributed by atoms with van der Waals surface area (Å²) in [5, 5.41) is 15.6. The van der Waals surface area contributed by atoms with Crippen LogP contribution in [0, 0.1) is 22.8 Å². The average molecular weight is 208 g/mol. The van der Waals surface area contributed by atoms with Gasteiger partial charge in [-0.25, -0.2) is 9.59 Å². The first-order chi connectivity index (χ1) is 7.03. The third kappa shape index (κ3) is 9.31. The number of rotatable bonds is 2. The van der Waals surface area contributed by atoms with Crippen LogP contribution >= 0.6 is 0 Å². The van der Waals surface area contributed by atoms with Crippen LogP contribution in [0.15, 0.2) is 24.8 Å². The summed E-state index contributed by atoms with van der Waals surface area (Å²) >= 11 is 0. The monoisotopic (exact) mass is 208 g/mol. The van der Waals surface area contributed by atoms with E-state index in [0.717, 1.165) is 6.08 Å². The van der Waals surface area contributed by atoms with Crippen LogP contribution in [0.1, 0.15) is 0 Å². The Labute approximate surface area is 86.6 Å². The molecule has 0 atom stereocenters. The predicted octanol–water partition coefficient (Wildman–Crippen LogP) is 0.436. The second-order valence-corrected chi connectivity index (χ2v) is 1.80. The molecule has 0 radical (unpaired) electrons. The zero-order valence-corrected chi connectivity index (χ0v) is 8.02. The van der Waals surface area contributed by atoms with Crippen LogP contribution in [0.25, 0.3) is 0 Å². The maximum atomic E-state index is 10.2. The molecule has 6 nitrogen and oxygen atoms in total. The van der Waals surface area contributed by atoms with Crippen molar-refractivity contribution in [1.29, 1.82) is 10.5 Å². The van der Waals surface area contributed by atoms with Crippen molar-refractivity contribution in [2.45, 2.75) is 0 Å². The predicted molar refractivity (Wildman–Crippen MR) is 48.7 cm³/mol. The Kier molecular flexibility index (Phi) is 9.42. The van der Waals surface area contributed by atoms with E-state index < -0.39 is 11.9 Å². The molecule has 0 aliphatic heterocycles. The summed E-state index contributed by atoms with van der Waals surface area (Å²) in [6.45, 7) is 6.16. The molecule has 0 aromatic carbocycles. The number of hydrogen-bond donors (Lipinski definition) is 0. The highest BCUT2D eigenvalue weighted by Crippen LogP contribution is 1.87. The van der Waals surface area contributed by atoms with E-state index in [2.05, 4.69) is 22.6 Å². The van der Waals surface area contributed by atoms with E-state index in [9.17, 15) is 9.59 Å². The molecule has 0 saturated carbocycles. The van der Waals surface area contributed by atoms with Gasteiger partial charge in [-0.15, -0.1) is 5.26 Å². The fourth-order valence-electron chi connectivity index (χ4n) is 0.255. The summed E-state index contributed by atoms with van der Waals surface area (Å²) in [5.41, 5.74) is -0.174. The van der Waals surface area contributed by atoms with Crippen molar-refractivity contribution in [2.75, 3.05) is 7.11 Å². The van der Waals surface area contributed by atoms with Gasteiger partial charge in [-0.1, -0.05) is 13.2 Å². The maximum absolute atomic E-state index is 10.2. The number of hydrogen-bond acceptors (Lipinski definition) is 6. The fraction of sp³-hybridized carbons (Fsp3) is 0.111. The molecule has 6 heteroatoms. The van der Waals surface area contributed by atoms with Crippen LogP contribution in [-0.2, 0) is 19.1 Å². The second-order valence-electron chi connectivity index (χ2n) is 1.80. The average Bonchev–Trinajstić information content (AvgIpc) is 2.27. The van der Waals surface area contributed by atoms with E-state index in [1.807, 2.05) is 0 Å². The van der Waals surface area contributed by atoms with Crippen LogP contribution in [0.3, 0.4) is 0 Å². The molecule has 0 amide bonds. The Morgan fingerprint density at radius 2 is 1.93 bits per heavy atom. The molecule has 0 aliphatic rings. The minimum absolute atomic E-state index is 0.174. The quantitative estimate of drug-likeness (QED) is 0.282. The second kappa shape index (κ2) is 9.49. The SMILES string of the molecule is C=C(C#N)C(=O)OC.C=CC(=O)OC#N. The van der Waals surface area contributed by atoms with Crippen LogP contribution in [-0.4, -0.2) is 19.0 Å². The summed E-state index contributed by atoms with van der Waals surface area (Å²) in [6, 6.07) is 1.55. The Morgan fingerprint density at radius 1 is 1.40 bits per heavy atom.